The molecule has 1 aliphatic rings. The number of ether oxygens (including phenoxy) is 2. The van der Waals surface area contributed by atoms with Gasteiger partial charge in [-0.2, -0.15) is 0 Å². The van der Waals surface area contributed by atoms with Crippen LogP contribution in [-0.4, -0.2) is 17.7 Å². The molecular formula is C28H25Cl2FO4. The Kier molecular flexibility index (Phi) is 7.80. The highest BCUT2D eigenvalue weighted by Crippen LogP contribution is 2.54. The molecule has 4 atom stereocenters. The molecule has 0 amide bonds. The van der Waals surface area contributed by atoms with Gasteiger partial charge in [0.05, 0.1) is 12.2 Å². The lowest BCUT2D eigenvalue weighted by molar-refractivity contribution is -0.139. The van der Waals surface area contributed by atoms with Gasteiger partial charge in [-0.15, -0.1) is 0 Å². The van der Waals surface area contributed by atoms with E-state index in [9.17, 15) is 9.18 Å². The Morgan fingerprint density at radius 3 is 2.46 bits per heavy atom. The summed E-state index contributed by atoms with van der Waals surface area (Å²) in [5, 5.41) is 10.2. The van der Waals surface area contributed by atoms with Crippen LogP contribution in [0.25, 0.3) is 0 Å². The fraction of sp³-hybridized carbons (Fsp3) is 0.250. The van der Waals surface area contributed by atoms with E-state index in [0.717, 1.165) is 16.7 Å². The second kappa shape index (κ2) is 10.8. The molecule has 0 aromatic heterocycles. The number of halogens is 3. The maximum absolute atomic E-state index is 13.7. The van der Waals surface area contributed by atoms with Crippen LogP contribution in [0, 0.1) is 11.7 Å². The van der Waals surface area contributed by atoms with Crippen molar-refractivity contribution >= 4 is 29.2 Å². The Morgan fingerprint density at radius 2 is 1.80 bits per heavy atom. The van der Waals surface area contributed by atoms with E-state index in [1.165, 1.54) is 12.1 Å². The molecule has 7 heteroatoms. The van der Waals surface area contributed by atoms with Crippen LogP contribution in [0.15, 0.2) is 78.9 Å². The summed E-state index contributed by atoms with van der Waals surface area (Å²) in [6, 6.07) is 18.9. The maximum Gasteiger partial charge on any atom is 0.341 e. The van der Waals surface area contributed by atoms with Crippen LogP contribution < -0.4 is 4.74 Å². The Bertz CT molecular complexity index is 1230. The zero-order chi connectivity index (χ0) is 25.1. The summed E-state index contributed by atoms with van der Waals surface area (Å²) in [6.45, 7) is 5.65. The molecule has 3 aromatic carbocycles. The van der Waals surface area contributed by atoms with Crippen molar-refractivity contribution in [2.24, 2.45) is 5.92 Å². The minimum atomic E-state index is -1.09. The molecule has 4 nitrogen and oxygen atoms in total. The third kappa shape index (κ3) is 5.69. The van der Waals surface area contributed by atoms with Gasteiger partial charge in [0.25, 0.3) is 0 Å². The van der Waals surface area contributed by atoms with Crippen molar-refractivity contribution in [3.63, 3.8) is 0 Å². The Hall–Kier alpha value is -2.86. The van der Waals surface area contributed by atoms with E-state index in [1.807, 2.05) is 31.2 Å². The van der Waals surface area contributed by atoms with E-state index in [0.29, 0.717) is 27.8 Å². The Labute approximate surface area is 213 Å². The molecule has 3 aromatic rings. The van der Waals surface area contributed by atoms with Gasteiger partial charge in [-0.05, 0) is 60.9 Å². The summed E-state index contributed by atoms with van der Waals surface area (Å²) in [5.41, 5.74) is 3.27. The number of carboxylic acid groups (broad SMARTS) is 1. The van der Waals surface area contributed by atoms with Gasteiger partial charge in [0.1, 0.15) is 11.6 Å². The fourth-order valence-electron chi connectivity index (χ4n) is 4.66. The number of hydrogen-bond acceptors (Lipinski definition) is 3. The Balaban J connectivity index is 1.82. The first-order valence-corrected chi connectivity index (χ1v) is 11.9. The zero-order valence-electron chi connectivity index (χ0n) is 19.1. The highest BCUT2D eigenvalue weighted by Gasteiger charge is 2.42. The largest absolute Gasteiger partial charge is 0.482 e. The minimum Gasteiger partial charge on any atom is -0.482 e. The van der Waals surface area contributed by atoms with E-state index in [1.54, 1.807) is 30.3 Å². The molecular weight excluding hydrogens is 490 g/mol. The normalized spacial score (nSPS) is 21.9. The number of carboxylic acids is 1. The molecule has 0 spiro atoms. The van der Waals surface area contributed by atoms with Crippen molar-refractivity contribution in [3.8, 4) is 5.75 Å². The topological polar surface area (TPSA) is 55.8 Å². The predicted molar refractivity (Wildman–Crippen MR) is 135 cm³/mol. The summed E-state index contributed by atoms with van der Waals surface area (Å²) in [7, 11) is 0. The lowest BCUT2D eigenvalue weighted by Gasteiger charge is -2.43. The van der Waals surface area contributed by atoms with Crippen molar-refractivity contribution < 1.29 is 23.8 Å². The van der Waals surface area contributed by atoms with Gasteiger partial charge in [0, 0.05) is 27.4 Å². The number of aliphatic carboxylic acids is 1. The average molecular weight is 515 g/mol. The molecule has 4 rings (SSSR count). The van der Waals surface area contributed by atoms with Crippen molar-refractivity contribution in [1.29, 1.82) is 0 Å². The third-order valence-electron chi connectivity index (χ3n) is 6.30. The van der Waals surface area contributed by atoms with E-state index < -0.39 is 24.8 Å². The summed E-state index contributed by atoms with van der Waals surface area (Å²) in [6.07, 6.45) is -0.331. The summed E-state index contributed by atoms with van der Waals surface area (Å²) < 4.78 is 26.1. The van der Waals surface area contributed by atoms with Crippen molar-refractivity contribution in [2.75, 3.05) is 6.61 Å². The fourth-order valence-corrected chi connectivity index (χ4v) is 5.12. The van der Waals surface area contributed by atoms with Gasteiger partial charge in [-0.3, -0.25) is 0 Å². The van der Waals surface area contributed by atoms with Crippen LogP contribution in [0.1, 0.15) is 48.2 Å². The van der Waals surface area contributed by atoms with Gasteiger partial charge >= 0.3 is 5.97 Å². The van der Waals surface area contributed by atoms with Crippen LogP contribution in [0.4, 0.5) is 4.39 Å². The number of benzene rings is 3. The van der Waals surface area contributed by atoms with Gasteiger partial charge in [-0.1, -0.05) is 65.7 Å². The van der Waals surface area contributed by atoms with E-state index in [4.69, 9.17) is 37.8 Å². The molecule has 35 heavy (non-hydrogen) atoms. The highest BCUT2D eigenvalue weighted by atomic mass is 35.5. The third-order valence-corrected chi connectivity index (χ3v) is 6.88. The van der Waals surface area contributed by atoms with Gasteiger partial charge in [-0.25, -0.2) is 9.18 Å². The molecule has 0 bridgehead atoms. The first-order chi connectivity index (χ1) is 16.7. The van der Waals surface area contributed by atoms with Crippen LogP contribution >= 0.6 is 23.2 Å². The van der Waals surface area contributed by atoms with E-state index >= 15 is 0 Å². The van der Waals surface area contributed by atoms with E-state index in [2.05, 4.69) is 6.58 Å². The smallest absolute Gasteiger partial charge is 0.341 e. The van der Waals surface area contributed by atoms with Gasteiger partial charge in [0.15, 0.2) is 6.61 Å². The van der Waals surface area contributed by atoms with Crippen LogP contribution in [-0.2, 0) is 9.53 Å². The van der Waals surface area contributed by atoms with Crippen LogP contribution in [0.5, 0.6) is 5.75 Å². The lowest BCUT2D eigenvalue weighted by Crippen LogP contribution is -2.32. The molecule has 182 valence electrons. The van der Waals surface area contributed by atoms with Crippen molar-refractivity contribution in [1.82, 2.24) is 0 Å². The second-order valence-electron chi connectivity index (χ2n) is 8.71. The summed E-state index contributed by atoms with van der Waals surface area (Å²) in [5.74, 6) is -1.32. The first kappa shape index (κ1) is 25.2. The highest BCUT2D eigenvalue weighted by molar-refractivity contribution is 6.31. The number of carbonyl (C=O) groups is 1. The monoisotopic (exact) mass is 514 g/mol. The molecule has 0 radical (unpaired) electrons. The summed E-state index contributed by atoms with van der Waals surface area (Å²) >= 11 is 12.9. The number of hydrogen-bond donors (Lipinski definition) is 1. The standard InChI is InChI=1S/C28H25Cl2FO4/c1-16(2)21-14-22(20-5-3-4-6-24(20)30)27(17-7-10-19(31)11-8-17)35-28(21)23-13-18(29)9-12-25(23)34-15-26(32)33/h3-13,21-22,27-28H,1,14-15H2,2H3,(H,32,33)/t21-,22-,27+,28+/m1/s1. The molecule has 1 saturated heterocycles. The van der Waals surface area contributed by atoms with Crippen LogP contribution in [0.3, 0.4) is 0 Å². The molecule has 1 heterocycles. The van der Waals surface area contributed by atoms with Gasteiger partial charge in [0.2, 0.25) is 0 Å². The summed E-state index contributed by atoms with van der Waals surface area (Å²) in [4.78, 5) is 11.2. The lowest BCUT2D eigenvalue weighted by atomic mass is 9.74. The molecule has 1 N–H and O–H groups in total. The maximum atomic E-state index is 13.7. The Morgan fingerprint density at radius 1 is 1.09 bits per heavy atom. The van der Waals surface area contributed by atoms with Crippen molar-refractivity contribution in [2.45, 2.75) is 31.5 Å². The predicted octanol–water partition coefficient (Wildman–Crippen LogP) is 7.77. The molecule has 0 saturated carbocycles. The first-order valence-electron chi connectivity index (χ1n) is 11.2. The van der Waals surface area contributed by atoms with E-state index in [-0.39, 0.29) is 17.7 Å². The quantitative estimate of drug-likeness (QED) is 0.327. The SMILES string of the molecule is C=C(C)[C@H]1C[C@H](c2ccccc2Cl)[C@H](c2ccc(F)cc2)O[C@@H]1c1cc(Cl)ccc1OCC(=O)O. The molecule has 1 fully saturated rings. The molecule has 0 aliphatic carbocycles. The minimum absolute atomic E-state index is 0.130. The molecule has 0 unspecified atom stereocenters. The second-order valence-corrected chi connectivity index (χ2v) is 9.55. The zero-order valence-corrected chi connectivity index (χ0v) is 20.6. The van der Waals surface area contributed by atoms with Crippen molar-refractivity contribution in [3.05, 3.63) is 111 Å². The van der Waals surface area contributed by atoms with Gasteiger partial charge < -0.3 is 14.6 Å². The van der Waals surface area contributed by atoms with Crippen LogP contribution in [0.2, 0.25) is 10.0 Å². The average Bonchev–Trinajstić information content (AvgIpc) is 2.83. The molecule has 1 aliphatic heterocycles. The number of rotatable bonds is 7.